The zero-order chi connectivity index (χ0) is 17.6. The Bertz CT molecular complexity index is 409. The molecule has 2 atom stereocenters. The van der Waals surface area contributed by atoms with Gasteiger partial charge in [-0.1, -0.05) is 25.7 Å². The summed E-state index contributed by atoms with van der Waals surface area (Å²) in [7, 11) is 0. The molecule has 2 fully saturated rings. The van der Waals surface area contributed by atoms with Gasteiger partial charge in [0, 0.05) is 0 Å². The Hall–Kier alpha value is 0.1000. The highest BCUT2D eigenvalue weighted by Gasteiger charge is 2.44. The summed E-state index contributed by atoms with van der Waals surface area (Å²) in [5.74, 6) is 0. The van der Waals surface area contributed by atoms with Crippen molar-refractivity contribution in [3.05, 3.63) is 0 Å². The summed E-state index contributed by atoms with van der Waals surface area (Å²) in [6.45, 7) is 0. The zero-order valence-electron chi connectivity index (χ0n) is 13.8. The van der Waals surface area contributed by atoms with Crippen LogP contribution in [-0.4, -0.2) is 39.9 Å². The van der Waals surface area contributed by atoms with Gasteiger partial charge in [0.2, 0.25) is 0 Å². The first-order valence-electron chi connectivity index (χ1n) is 8.60. The normalized spacial score (nSPS) is 24.3. The summed E-state index contributed by atoms with van der Waals surface area (Å²) in [6, 6.07) is 0. The minimum Gasteiger partial charge on any atom is -0.750 e. The molecule has 2 aliphatic rings. The monoisotopic (exact) mass is 382 g/mol. The molecule has 142 valence electrons. The molecule has 0 radical (unpaired) electrons. The number of hydrogen-bond acceptors (Lipinski definition) is 7. The van der Waals surface area contributed by atoms with Gasteiger partial charge in [0.05, 0.1) is 40.0 Å². The molecule has 0 bridgehead atoms. The molecular formula is C15H26O7S2-2. The van der Waals surface area contributed by atoms with Gasteiger partial charge in [0.1, 0.15) is 0 Å². The van der Waals surface area contributed by atoms with Crippen LogP contribution < -0.4 is 0 Å². The van der Waals surface area contributed by atoms with E-state index in [2.05, 4.69) is 0 Å². The van der Waals surface area contributed by atoms with Gasteiger partial charge in [-0.05, 0) is 51.4 Å². The summed E-state index contributed by atoms with van der Waals surface area (Å²) in [5.41, 5.74) is -0.921. The fourth-order valence-corrected chi connectivity index (χ4v) is 4.19. The lowest BCUT2D eigenvalue weighted by Gasteiger charge is -2.18. The highest BCUT2D eigenvalue weighted by Crippen LogP contribution is 2.45. The molecular weight excluding hydrogens is 356 g/mol. The van der Waals surface area contributed by atoms with E-state index in [9.17, 15) is 22.6 Å². The number of unbranched alkanes of at least 4 members (excludes halogenated alkanes) is 2. The average molecular weight is 383 g/mol. The third-order valence-electron chi connectivity index (χ3n) is 4.94. The molecule has 0 aromatic heterocycles. The summed E-state index contributed by atoms with van der Waals surface area (Å²) in [5, 5.41) is 9.97. The summed E-state index contributed by atoms with van der Waals surface area (Å²) in [6.07, 6.45) is 9.04. The number of rotatable bonds is 14. The Labute approximate surface area is 148 Å². The average Bonchev–Trinajstić information content (AvgIpc) is 3.39. The molecule has 0 aromatic rings. The summed E-state index contributed by atoms with van der Waals surface area (Å²) < 4.78 is 52.1. The highest BCUT2D eigenvalue weighted by molar-refractivity contribution is 7.74. The molecule has 0 amide bonds. The third kappa shape index (κ3) is 7.55. The van der Waals surface area contributed by atoms with Crippen molar-refractivity contribution in [1.29, 1.82) is 0 Å². The van der Waals surface area contributed by atoms with Crippen LogP contribution in [0.4, 0.5) is 0 Å². The van der Waals surface area contributed by atoms with Gasteiger partial charge in [-0.25, -0.2) is 8.42 Å². The first-order chi connectivity index (χ1) is 11.3. The van der Waals surface area contributed by atoms with Gasteiger partial charge in [0.15, 0.2) is 0 Å². The van der Waals surface area contributed by atoms with Gasteiger partial charge < -0.3 is 14.2 Å². The van der Waals surface area contributed by atoms with Crippen LogP contribution in [0.5, 0.6) is 0 Å². The summed E-state index contributed by atoms with van der Waals surface area (Å²) in [4.78, 5) is 0. The van der Waals surface area contributed by atoms with Gasteiger partial charge in [-0.2, -0.15) is 0 Å². The molecule has 0 aliphatic heterocycles. The Morgan fingerprint density at radius 1 is 0.833 bits per heavy atom. The predicted octanol–water partition coefficient (Wildman–Crippen LogP) is 2.15. The van der Waals surface area contributed by atoms with Crippen molar-refractivity contribution < 1.29 is 31.0 Å². The van der Waals surface area contributed by atoms with Crippen LogP contribution in [0.15, 0.2) is 0 Å². The molecule has 9 heteroatoms. The van der Waals surface area contributed by atoms with E-state index in [-0.39, 0.29) is 6.10 Å². The lowest BCUT2D eigenvalue weighted by atomic mass is 10.0. The van der Waals surface area contributed by atoms with Gasteiger partial charge in [0.25, 0.3) is 0 Å². The van der Waals surface area contributed by atoms with Crippen molar-refractivity contribution in [2.75, 3.05) is 0 Å². The van der Waals surface area contributed by atoms with Crippen molar-refractivity contribution in [2.45, 2.75) is 94.4 Å². The van der Waals surface area contributed by atoms with Crippen molar-refractivity contribution in [1.82, 2.24) is 0 Å². The van der Waals surface area contributed by atoms with Gasteiger partial charge in [-0.3, -0.25) is 8.37 Å². The smallest absolute Gasteiger partial charge is 0.0847 e. The second-order valence-electron chi connectivity index (χ2n) is 7.09. The van der Waals surface area contributed by atoms with Crippen LogP contribution in [-0.2, 0) is 31.1 Å². The van der Waals surface area contributed by atoms with E-state index in [0.717, 1.165) is 64.2 Å². The lowest BCUT2D eigenvalue weighted by molar-refractivity contribution is 0.132. The van der Waals surface area contributed by atoms with Crippen LogP contribution in [0, 0.1) is 0 Å². The molecule has 2 unspecified atom stereocenters. The Morgan fingerprint density at radius 3 is 1.50 bits per heavy atom. The molecule has 2 saturated carbocycles. The second-order valence-corrected chi connectivity index (χ2v) is 8.24. The predicted molar refractivity (Wildman–Crippen MR) is 86.9 cm³/mol. The van der Waals surface area contributed by atoms with Crippen LogP contribution in [0.3, 0.4) is 0 Å². The summed E-state index contributed by atoms with van der Waals surface area (Å²) >= 11 is -4.89. The maximum absolute atomic E-state index is 10.6. The van der Waals surface area contributed by atoms with Crippen molar-refractivity contribution in [3.8, 4) is 0 Å². The quantitative estimate of drug-likeness (QED) is 0.361. The van der Waals surface area contributed by atoms with Crippen LogP contribution in [0.2, 0.25) is 0 Å². The molecule has 0 aromatic carbocycles. The highest BCUT2D eigenvalue weighted by atomic mass is 32.2. The van der Waals surface area contributed by atoms with Crippen molar-refractivity contribution in [3.63, 3.8) is 0 Å². The van der Waals surface area contributed by atoms with Gasteiger partial charge >= 0.3 is 0 Å². The van der Waals surface area contributed by atoms with Gasteiger partial charge in [-0.15, -0.1) is 0 Å². The lowest BCUT2D eigenvalue weighted by Crippen LogP contribution is -2.16. The molecule has 1 N–H and O–H groups in total. The van der Waals surface area contributed by atoms with Crippen LogP contribution in [0.1, 0.15) is 77.0 Å². The molecule has 2 aliphatic carbocycles. The minimum absolute atomic E-state index is 0.362. The van der Waals surface area contributed by atoms with Crippen LogP contribution >= 0.6 is 0 Å². The van der Waals surface area contributed by atoms with E-state index in [1.54, 1.807) is 0 Å². The van der Waals surface area contributed by atoms with E-state index < -0.39 is 33.9 Å². The Kier molecular flexibility index (Phi) is 7.79. The SMILES string of the molecule is O=S([O-])OC1(CCCCC(O)CCCCC2(OS(=O)[O-])CC2)CC1. The minimum atomic E-state index is -2.45. The topological polar surface area (TPSA) is 119 Å². The Morgan fingerprint density at radius 2 is 1.21 bits per heavy atom. The van der Waals surface area contributed by atoms with Crippen molar-refractivity contribution in [2.24, 2.45) is 0 Å². The molecule has 2 rings (SSSR count). The Balaban J connectivity index is 1.46. The van der Waals surface area contributed by atoms with Crippen LogP contribution in [0.25, 0.3) is 0 Å². The first-order valence-corrected chi connectivity index (χ1v) is 10.6. The number of aliphatic hydroxyl groups is 1. The third-order valence-corrected chi connectivity index (χ3v) is 5.92. The molecule has 0 saturated heterocycles. The van der Waals surface area contributed by atoms with E-state index in [1.807, 2.05) is 0 Å². The number of hydrogen-bond donors (Lipinski definition) is 1. The molecule has 0 spiro atoms. The largest absolute Gasteiger partial charge is 0.750 e. The fraction of sp³-hybridized carbons (Fsp3) is 1.00. The van der Waals surface area contributed by atoms with E-state index >= 15 is 0 Å². The fourth-order valence-electron chi connectivity index (χ4n) is 3.12. The van der Waals surface area contributed by atoms with Crippen molar-refractivity contribution >= 4 is 22.7 Å². The molecule has 24 heavy (non-hydrogen) atoms. The maximum atomic E-state index is 10.6. The molecule has 7 nitrogen and oxygen atoms in total. The first kappa shape index (κ1) is 20.4. The van der Waals surface area contributed by atoms with E-state index in [1.165, 1.54) is 0 Å². The number of aliphatic hydroxyl groups excluding tert-OH is 1. The zero-order valence-corrected chi connectivity index (χ0v) is 15.4. The standard InChI is InChI=1S/C15H28O7S2/c16-13(5-1-3-7-14(9-10-14)21-23(17)18)6-2-4-8-15(11-12-15)22-24(19)20/h13,16H,1-12H2,(H,17,18)(H,19,20)/p-2. The second kappa shape index (κ2) is 9.16. The van der Waals surface area contributed by atoms with E-state index in [4.69, 9.17) is 8.37 Å². The van der Waals surface area contributed by atoms with E-state index in [0.29, 0.717) is 12.8 Å². The molecule has 0 heterocycles. The maximum Gasteiger partial charge on any atom is 0.0847 e.